The van der Waals surface area contributed by atoms with Gasteiger partial charge < -0.3 is 10.2 Å². The maximum atomic E-state index is 13.0. The van der Waals surface area contributed by atoms with E-state index >= 15 is 0 Å². The van der Waals surface area contributed by atoms with Gasteiger partial charge in [-0.25, -0.2) is 0 Å². The smallest absolute Gasteiger partial charge is 0.247 e. The first-order valence-corrected chi connectivity index (χ1v) is 9.25. The molecule has 0 spiro atoms. The van der Waals surface area contributed by atoms with Crippen molar-refractivity contribution in [1.82, 2.24) is 10.2 Å². The van der Waals surface area contributed by atoms with Crippen LogP contribution in [0.15, 0.2) is 48.5 Å². The summed E-state index contributed by atoms with van der Waals surface area (Å²) >= 11 is 0. The van der Waals surface area contributed by atoms with Crippen LogP contribution >= 0.6 is 0 Å². The Balaban J connectivity index is 1.81. The summed E-state index contributed by atoms with van der Waals surface area (Å²) in [7, 11) is 0. The van der Waals surface area contributed by atoms with E-state index in [1.54, 1.807) is 4.90 Å². The third kappa shape index (κ3) is 3.64. The summed E-state index contributed by atoms with van der Waals surface area (Å²) in [6, 6.07) is 15.4. The van der Waals surface area contributed by atoms with Gasteiger partial charge in [-0.1, -0.05) is 55.5 Å². The Morgan fingerprint density at radius 2 is 1.77 bits per heavy atom. The van der Waals surface area contributed by atoms with Crippen LogP contribution in [0.2, 0.25) is 0 Å². The van der Waals surface area contributed by atoms with Gasteiger partial charge in [0.15, 0.2) is 0 Å². The third-order valence-electron chi connectivity index (χ3n) is 4.96. The molecular formula is C22H26N2O2. The van der Waals surface area contributed by atoms with Crippen LogP contribution in [0, 0.1) is 0 Å². The van der Waals surface area contributed by atoms with E-state index in [0.29, 0.717) is 13.0 Å². The number of carbonyl (C=O) groups is 2. The number of hydrogen-bond acceptors (Lipinski definition) is 2. The van der Waals surface area contributed by atoms with E-state index in [9.17, 15) is 9.59 Å². The van der Waals surface area contributed by atoms with Crippen molar-refractivity contribution >= 4 is 11.8 Å². The van der Waals surface area contributed by atoms with Crippen LogP contribution in [0.25, 0.3) is 0 Å². The monoisotopic (exact) mass is 350 g/mol. The highest BCUT2D eigenvalue weighted by molar-refractivity contribution is 5.92. The van der Waals surface area contributed by atoms with Gasteiger partial charge >= 0.3 is 0 Å². The number of fused-ring (bicyclic) bond motifs is 1. The largest absolute Gasteiger partial charge is 0.350 e. The molecule has 2 amide bonds. The molecule has 136 valence electrons. The zero-order valence-electron chi connectivity index (χ0n) is 15.7. The molecule has 3 rings (SSSR count). The second-order valence-corrected chi connectivity index (χ2v) is 7.06. The molecule has 4 heteroatoms. The molecule has 0 saturated carbocycles. The van der Waals surface area contributed by atoms with Crippen molar-refractivity contribution in [3.63, 3.8) is 0 Å². The fourth-order valence-corrected chi connectivity index (χ4v) is 3.54. The van der Waals surface area contributed by atoms with Gasteiger partial charge in [0.2, 0.25) is 11.8 Å². The van der Waals surface area contributed by atoms with Crippen molar-refractivity contribution in [2.45, 2.75) is 52.2 Å². The minimum atomic E-state index is -0.567. The number of carbonyl (C=O) groups excluding carboxylic acids is 2. The fraction of sp³-hybridized carbons (Fsp3) is 0.364. The van der Waals surface area contributed by atoms with Crippen LogP contribution in [0.5, 0.6) is 0 Å². The van der Waals surface area contributed by atoms with E-state index in [2.05, 4.69) is 24.4 Å². The van der Waals surface area contributed by atoms with Gasteiger partial charge in [0.1, 0.15) is 6.04 Å². The molecule has 1 heterocycles. The Bertz CT molecular complexity index is 796. The predicted octanol–water partition coefficient (Wildman–Crippen LogP) is 3.40. The van der Waals surface area contributed by atoms with E-state index in [4.69, 9.17) is 0 Å². The molecule has 4 nitrogen and oxygen atoms in total. The molecule has 2 aromatic carbocycles. The first-order chi connectivity index (χ1) is 12.5. The third-order valence-corrected chi connectivity index (χ3v) is 4.96. The van der Waals surface area contributed by atoms with Crippen molar-refractivity contribution in [2.75, 3.05) is 0 Å². The Morgan fingerprint density at radius 1 is 1.12 bits per heavy atom. The Kier molecular flexibility index (Phi) is 5.40. The maximum absolute atomic E-state index is 13.0. The lowest BCUT2D eigenvalue weighted by Gasteiger charge is -2.39. The van der Waals surface area contributed by atoms with Gasteiger partial charge in [0, 0.05) is 12.6 Å². The first-order valence-electron chi connectivity index (χ1n) is 9.25. The van der Waals surface area contributed by atoms with Crippen LogP contribution < -0.4 is 5.32 Å². The number of benzene rings is 2. The average molecular weight is 350 g/mol. The van der Waals surface area contributed by atoms with E-state index < -0.39 is 6.04 Å². The number of nitrogens with one attached hydrogen (secondary N) is 1. The van der Waals surface area contributed by atoms with Gasteiger partial charge in [-0.3, -0.25) is 9.59 Å². The molecule has 1 atom stereocenters. The molecule has 0 radical (unpaired) electrons. The number of nitrogens with zero attached hydrogens (tertiary/aromatic N) is 1. The lowest BCUT2D eigenvalue weighted by molar-refractivity contribution is -0.143. The number of aryl methyl sites for hydroxylation is 1. The topological polar surface area (TPSA) is 49.4 Å². The lowest BCUT2D eigenvalue weighted by atomic mass is 9.90. The van der Waals surface area contributed by atoms with Crippen LogP contribution in [0.1, 0.15) is 49.1 Å². The van der Waals surface area contributed by atoms with Crippen molar-refractivity contribution < 1.29 is 9.59 Å². The van der Waals surface area contributed by atoms with Gasteiger partial charge in [-0.05, 0) is 42.5 Å². The minimum Gasteiger partial charge on any atom is -0.350 e. The summed E-state index contributed by atoms with van der Waals surface area (Å²) in [5, 5.41) is 3.02. The Labute approximate surface area is 155 Å². The summed E-state index contributed by atoms with van der Waals surface area (Å²) in [6.07, 6.45) is 1.35. The highest BCUT2D eigenvalue weighted by Crippen LogP contribution is 2.32. The van der Waals surface area contributed by atoms with E-state index in [-0.39, 0.29) is 17.9 Å². The van der Waals surface area contributed by atoms with Crippen molar-refractivity contribution in [2.24, 2.45) is 0 Å². The van der Waals surface area contributed by atoms with Gasteiger partial charge in [0.05, 0.1) is 6.42 Å². The molecule has 26 heavy (non-hydrogen) atoms. The number of amides is 2. The molecule has 0 unspecified atom stereocenters. The molecule has 0 aromatic heterocycles. The van der Waals surface area contributed by atoms with Gasteiger partial charge in [0.25, 0.3) is 0 Å². The molecule has 1 aliphatic heterocycles. The SMILES string of the molecule is CCc1ccc(CNC(=O)[C@H]2c3ccccc3CC(=O)N2C(C)C)cc1. The van der Waals surface area contributed by atoms with E-state index in [1.165, 1.54) is 5.56 Å². The molecule has 0 fully saturated rings. The highest BCUT2D eigenvalue weighted by Gasteiger charge is 2.38. The van der Waals surface area contributed by atoms with E-state index in [1.807, 2.05) is 50.2 Å². The average Bonchev–Trinajstić information content (AvgIpc) is 2.65. The normalized spacial score (nSPS) is 16.5. The standard InChI is InChI=1S/C22H26N2O2/c1-4-16-9-11-17(12-10-16)14-23-22(26)21-19-8-6-5-7-18(19)13-20(25)24(21)15(2)3/h5-12,15,21H,4,13-14H2,1-3H3,(H,23,26)/t21-/m1/s1. The molecule has 0 aliphatic carbocycles. The van der Waals surface area contributed by atoms with Crippen LogP contribution in [0.3, 0.4) is 0 Å². The molecule has 0 saturated heterocycles. The Hall–Kier alpha value is -2.62. The molecular weight excluding hydrogens is 324 g/mol. The van der Waals surface area contributed by atoms with Gasteiger partial charge in [-0.2, -0.15) is 0 Å². The maximum Gasteiger partial charge on any atom is 0.247 e. The summed E-state index contributed by atoms with van der Waals surface area (Å²) in [6.45, 7) is 6.49. The first kappa shape index (κ1) is 18.2. The second kappa shape index (κ2) is 7.73. The predicted molar refractivity (Wildman–Crippen MR) is 103 cm³/mol. The highest BCUT2D eigenvalue weighted by atomic mass is 16.2. The summed E-state index contributed by atoms with van der Waals surface area (Å²) in [5.41, 5.74) is 4.21. The van der Waals surface area contributed by atoms with Crippen LogP contribution in [-0.4, -0.2) is 22.8 Å². The molecule has 1 N–H and O–H groups in total. The van der Waals surface area contributed by atoms with Crippen molar-refractivity contribution in [1.29, 1.82) is 0 Å². The van der Waals surface area contributed by atoms with E-state index in [0.717, 1.165) is 23.1 Å². The lowest BCUT2D eigenvalue weighted by Crippen LogP contribution is -2.50. The molecule has 2 aromatic rings. The zero-order valence-corrected chi connectivity index (χ0v) is 15.7. The fourth-order valence-electron chi connectivity index (χ4n) is 3.54. The van der Waals surface area contributed by atoms with Crippen LogP contribution in [-0.2, 0) is 29.0 Å². The van der Waals surface area contributed by atoms with Crippen molar-refractivity contribution in [3.05, 3.63) is 70.8 Å². The summed E-state index contributed by atoms with van der Waals surface area (Å²) in [4.78, 5) is 27.3. The summed E-state index contributed by atoms with van der Waals surface area (Å²) in [5.74, 6) is -0.120. The second-order valence-electron chi connectivity index (χ2n) is 7.06. The molecule has 0 bridgehead atoms. The Morgan fingerprint density at radius 3 is 2.42 bits per heavy atom. The number of rotatable bonds is 5. The van der Waals surface area contributed by atoms with Crippen LogP contribution in [0.4, 0.5) is 0 Å². The zero-order chi connectivity index (χ0) is 18.7. The van der Waals surface area contributed by atoms with Crippen molar-refractivity contribution in [3.8, 4) is 0 Å². The number of hydrogen-bond donors (Lipinski definition) is 1. The van der Waals surface area contributed by atoms with Gasteiger partial charge in [-0.15, -0.1) is 0 Å². The molecule has 1 aliphatic rings. The quantitative estimate of drug-likeness (QED) is 0.898. The summed E-state index contributed by atoms with van der Waals surface area (Å²) < 4.78 is 0. The minimum absolute atomic E-state index is 0.00569.